The molecule has 140 valence electrons. The maximum atomic E-state index is 11.5. The van der Waals surface area contributed by atoms with Gasteiger partial charge in [0.05, 0.1) is 17.8 Å². The van der Waals surface area contributed by atoms with E-state index in [2.05, 4.69) is 5.10 Å². The fraction of sp³-hybridized carbons (Fsp3) is 0.429. The monoisotopic (exact) mass is 396 g/mol. The van der Waals surface area contributed by atoms with Gasteiger partial charge in [0.2, 0.25) is 0 Å². The molecule has 0 aliphatic heterocycles. The number of halogens is 2. The van der Waals surface area contributed by atoms with Crippen molar-refractivity contribution in [3.8, 4) is 5.75 Å². The van der Waals surface area contributed by atoms with Crippen LogP contribution in [-0.4, -0.2) is 75.3 Å². The highest BCUT2D eigenvalue weighted by molar-refractivity contribution is 6.35. The van der Waals surface area contributed by atoms with E-state index in [4.69, 9.17) is 38.2 Å². The summed E-state index contributed by atoms with van der Waals surface area (Å²) in [7, 11) is 0. The van der Waals surface area contributed by atoms with Gasteiger partial charge in [-0.2, -0.15) is 5.10 Å². The van der Waals surface area contributed by atoms with Gasteiger partial charge in [-0.3, -0.25) is 4.79 Å². The summed E-state index contributed by atoms with van der Waals surface area (Å²) in [5, 5.41) is 50.3. The first-order valence-corrected chi connectivity index (χ1v) is 7.74. The first kappa shape index (κ1) is 21.6. The third-order valence-corrected chi connectivity index (χ3v) is 3.48. The van der Waals surface area contributed by atoms with E-state index in [1.165, 1.54) is 18.2 Å². The lowest BCUT2D eigenvalue weighted by atomic mass is 10.0. The largest absolute Gasteiger partial charge is 0.482 e. The molecule has 0 aliphatic rings. The average molecular weight is 397 g/mol. The Bertz CT molecular complexity index is 603. The highest BCUT2D eigenvalue weighted by Gasteiger charge is 2.29. The summed E-state index contributed by atoms with van der Waals surface area (Å²) < 4.78 is 5.15. The second-order valence-corrected chi connectivity index (χ2v) is 5.74. The van der Waals surface area contributed by atoms with Crippen molar-refractivity contribution in [1.29, 1.82) is 0 Å². The molecule has 1 amide bonds. The number of nitrogens with one attached hydrogen (secondary N) is 1. The van der Waals surface area contributed by atoms with Crippen molar-refractivity contribution in [2.75, 3.05) is 13.2 Å². The van der Waals surface area contributed by atoms with E-state index in [1.54, 1.807) is 0 Å². The van der Waals surface area contributed by atoms with Crippen LogP contribution in [-0.2, 0) is 4.79 Å². The van der Waals surface area contributed by atoms with Crippen LogP contribution in [0.25, 0.3) is 0 Å². The maximum Gasteiger partial charge on any atom is 0.277 e. The van der Waals surface area contributed by atoms with Crippen molar-refractivity contribution in [1.82, 2.24) is 5.43 Å². The highest BCUT2D eigenvalue weighted by Crippen LogP contribution is 2.27. The zero-order valence-corrected chi connectivity index (χ0v) is 14.3. The number of ether oxygens (including phenoxy) is 1. The molecule has 0 saturated heterocycles. The second-order valence-electron chi connectivity index (χ2n) is 4.90. The van der Waals surface area contributed by atoms with E-state index < -0.39 is 43.5 Å². The van der Waals surface area contributed by atoms with E-state index >= 15 is 0 Å². The third-order valence-electron chi connectivity index (χ3n) is 2.95. The average Bonchev–Trinajstić information content (AvgIpc) is 2.58. The van der Waals surface area contributed by atoms with Gasteiger partial charge in [-0.1, -0.05) is 23.2 Å². The van der Waals surface area contributed by atoms with Gasteiger partial charge in [-0.15, -0.1) is 0 Å². The standard InChI is InChI=1S/C14H18Cl2N2O7/c15-7-1-2-11(8(16)3-7)25-6-12(22)18-17-4-9(20)13(23)14(24)10(21)5-19/h1-4,9-10,13-14,19-21,23-24H,5-6H2,(H,18,22)/b17-4-/t9-,10-,13+,14-/m1/s1. The van der Waals surface area contributed by atoms with Gasteiger partial charge < -0.3 is 30.3 Å². The number of carbonyl (C=O) groups is 1. The Balaban J connectivity index is 2.43. The molecule has 0 fully saturated rings. The number of amides is 1. The Morgan fingerprint density at radius 1 is 1.24 bits per heavy atom. The minimum atomic E-state index is -1.81. The summed E-state index contributed by atoms with van der Waals surface area (Å²) >= 11 is 11.6. The van der Waals surface area contributed by atoms with Crippen LogP contribution >= 0.6 is 23.2 Å². The predicted molar refractivity (Wildman–Crippen MR) is 89.7 cm³/mol. The Morgan fingerprint density at radius 3 is 2.52 bits per heavy atom. The van der Waals surface area contributed by atoms with Crippen LogP contribution in [0.4, 0.5) is 0 Å². The SMILES string of the molecule is O=C(COc1ccc(Cl)cc1Cl)N/N=C\[C@@H](O)[C@H](O)[C@H](O)[C@H](O)CO. The molecule has 1 rings (SSSR count). The summed E-state index contributed by atoms with van der Waals surface area (Å²) in [6.45, 7) is -1.23. The summed E-state index contributed by atoms with van der Waals surface area (Å²) in [5.41, 5.74) is 2.02. The van der Waals surface area contributed by atoms with Crippen molar-refractivity contribution in [3.05, 3.63) is 28.2 Å². The summed E-state index contributed by atoms with van der Waals surface area (Å²) in [4.78, 5) is 11.5. The lowest BCUT2D eigenvalue weighted by Crippen LogP contribution is -2.46. The lowest BCUT2D eigenvalue weighted by molar-refractivity contribution is -0.123. The van der Waals surface area contributed by atoms with Crippen LogP contribution < -0.4 is 10.2 Å². The smallest absolute Gasteiger partial charge is 0.277 e. The van der Waals surface area contributed by atoms with Crippen LogP contribution in [0.15, 0.2) is 23.3 Å². The Hall–Kier alpha value is -1.46. The molecule has 0 aromatic heterocycles. The number of hydrogen-bond donors (Lipinski definition) is 6. The zero-order chi connectivity index (χ0) is 19.0. The Labute approximate surface area is 153 Å². The Morgan fingerprint density at radius 2 is 1.92 bits per heavy atom. The molecular formula is C14H18Cl2N2O7. The number of hydrogen-bond acceptors (Lipinski definition) is 8. The molecule has 0 saturated carbocycles. The molecule has 9 nitrogen and oxygen atoms in total. The third kappa shape index (κ3) is 7.12. The molecule has 0 spiro atoms. The quantitative estimate of drug-likeness (QED) is 0.229. The molecule has 25 heavy (non-hydrogen) atoms. The number of aliphatic hydroxyl groups excluding tert-OH is 5. The molecule has 0 unspecified atom stereocenters. The van der Waals surface area contributed by atoms with E-state index in [0.29, 0.717) is 5.02 Å². The number of aliphatic hydroxyl groups is 5. The zero-order valence-electron chi connectivity index (χ0n) is 12.8. The minimum Gasteiger partial charge on any atom is -0.482 e. The van der Waals surface area contributed by atoms with Crippen molar-refractivity contribution >= 4 is 35.3 Å². The molecule has 11 heteroatoms. The van der Waals surface area contributed by atoms with Crippen LogP contribution in [0.5, 0.6) is 5.75 Å². The van der Waals surface area contributed by atoms with Crippen LogP contribution in [0, 0.1) is 0 Å². The van der Waals surface area contributed by atoms with Crippen LogP contribution in [0.2, 0.25) is 10.0 Å². The molecule has 0 aliphatic carbocycles. The predicted octanol–water partition coefficient (Wildman–Crippen LogP) is -1.09. The highest BCUT2D eigenvalue weighted by atomic mass is 35.5. The van der Waals surface area contributed by atoms with Gasteiger partial charge in [0.1, 0.15) is 30.2 Å². The van der Waals surface area contributed by atoms with Crippen molar-refractivity contribution in [2.45, 2.75) is 24.4 Å². The first-order chi connectivity index (χ1) is 11.8. The molecule has 1 aromatic rings. The number of rotatable bonds is 9. The number of hydrazone groups is 1. The molecule has 6 N–H and O–H groups in total. The van der Waals surface area contributed by atoms with Crippen molar-refractivity contribution < 1.29 is 35.1 Å². The van der Waals surface area contributed by atoms with Gasteiger partial charge in [-0.25, -0.2) is 5.43 Å². The number of nitrogens with zero attached hydrogens (tertiary/aromatic N) is 1. The number of benzene rings is 1. The fourth-order valence-electron chi connectivity index (χ4n) is 1.58. The van der Waals surface area contributed by atoms with E-state index in [0.717, 1.165) is 6.21 Å². The summed E-state index contributed by atoms with van der Waals surface area (Å²) in [6, 6.07) is 4.45. The minimum absolute atomic E-state index is 0.221. The molecule has 0 heterocycles. The molecule has 0 radical (unpaired) electrons. The van der Waals surface area contributed by atoms with Crippen molar-refractivity contribution in [2.24, 2.45) is 5.10 Å². The number of carbonyl (C=O) groups excluding carboxylic acids is 1. The molecule has 1 aromatic carbocycles. The van der Waals surface area contributed by atoms with E-state index in [-0.39, 0.29) is 10.8 Å². The van der Waals surface area contributed by atoms with Crippen LogP contribution in [0.3, 0.4) is 0 Å². The van der Waals surface area contributed by atoms with Crippen LogP contribution in [0.1, 0.15) is 0 Å². The van der Waals surface area contributed by atoms with E-state index in [9.17, 15) is 20.1 Å². The fourth-order valence-corrected chi connectivity index (χ4v) is 2.04. The van der Waals surface area contributed by atoms with Gasteiger partial charge in [0, 0.05) is 5.02 Å². The topological polar surface area (TPSA) is 152 Å². The molecular weight excluding hydrogens is 379 g/mol. The Kier molecular flexibility index (Phi) is 9.08. The summed E-state index contributed by atoms with van der Waals surface area (Å²) in [5.74, 6) is -0.443. The first-order valence-electron chi connectivity index (χ1n) is 6.99. The lowest BCUT2D eigenvalue weighted by Gasteiger charge is -2.23. The molecule has 4 atom stereocenters. The van der Waals surface area contributed by atoms with Gasteiger partial charge in [0.15, 0.2) is 6.61 Å². The van der Waals surface area contributed by atoms with E-state index in [1.807, 2.05) is 5.43 Å². The van der Waals surface area contributed by atoms with Gasteiger partial charge >= 0.3 is 0 Å². The van der Waals surface area contributed by atoms with Gasteiger partial charge in [-0.05, 0) is 18.2 Å². The normalized spacial score (nSPS) is 16.3. The second kappa shape index (κ2) is 10.5. The van der Waals surface area contributed by atoms with Crippen molar-refractivity contribution in [3.63, 3.8) is 0 Å². The summed E-state index contributed by atoms with van der Waals surface area (Å²) in [6.07, 6.45) is -6.19. The maximum absolute atomic E-state index is 11.5. The van der Waals surface area contributed by atoms with Gasteiger partial charge in [0.25, 0.3) is 5.91 Å². The molecule has 0 bridgehead atoms.